The molecule has 0 radical (unpaired) electrons. The first-order valence-corrected chi connectivity index (χ1v) is 13.0. The average Bonchev–Trinajstić information content (AvgIpc) is 3.15. The first-order valence-electron chi connectivity index (χ1n) is 12.6. The van der Waals surface area contributed by atoms with Crippen molar-refractivity contribution in [3.8, 4) is 11.8 Å². The normalized spacial score (nSPS) is 22.9. The molecule has 7 nitrogen and oxygen atoms in total. The number of nitrogens with one attached hydrogen (secondary N) is 1. The molecule has 2 unspecified atom stereocenters. The lowest BCUT2D eigenvalue weighted by Crippen LogP contribution is -2.60. The molecular formula is C28H31ClN4O3. The molecule has 5 rings (SSSR count). The van der Waals surface area contributed by atoms with Crippen LogP contribution in [0.3, 0.4) is 0 Å². The maximum atomic E-state index is 13.5. The van der Waals surface area contributed by atoms with Gasteiger partial charge in [0.25, 0.3) is 0 Å². The summed E-state index contributed by atoms with van der Waals surface area (Å²) in [6.45, 7) is 5.93. The summed E-state index contributed by atoms with van der Waals surface area (Å²) in [6, 6.07) is 14.9. The van der Waals surface area contributed by atoms with Gasteiger partial charge in [0.1, 0.15) is 12.4 Å². The van der Waals surface area contributed by atoms with E-state index in [1.54, 1.807) is 12.1 Å². The second-order valence-electron chi connectivity index (χ2n) is 10.4. The Hall–Kier alpha value is -3.08. The molecule has 2 fully saturated rings. The fraction of sp³-hybridized carbons (Fsp3) is 0.464. The number of likely N-dealkylation sites (tertiary alicyclic amines) is 1. The van der Waals surface area contributed by atoms with Crippen molar-refractivity contribution >= 4 is 23.4 Å². The van der Waals surface area contributed by atoms with Crippen molar-refractivity contribution in [2.45, 2.75) is 51.4 Å². The number of fused-ring (bicyclic) bond motifs is 1. The van der Waals surface area contributed by atoms with Crippen molar-refractivity contribution in [1.29, 1.82) is 5.26 Å². The molecule has 1 N–H and O–H groups in total. The first kappa shape index (κ1) is 24.6. The number of nitrogens with zero attached hydrogens (tertiary/aromatic N) is 3. The lowest BCUT2D eigenvalue weighted by atomic mass is 9.91. The summed E-state index contributed by atoms with van der Waals surface area (Å²) < 4.78 is 5.86. The van der Waals surface area contributed by atoms with Gasteiger partial charge in [-0.25, -0.2) is 0 Å². The Kier molecular flexibility index (Phi) is 6.67. The zero-order valence-corrected chi connectivity index (χ0v) is 21.4. The lowest BCUT2D eigenvalue weighted by Gasteiger charge is -2.45. The number of hydrogen-bond donors (Lipinski definition) is 1. The highest BCUT2D eigenvalue weighted by atomic mass is 35.5. The van der Waals surface area contributed by atoms with E-state index < -0.39 is 5.66 Å². The van der Waals surface area contributed by atoms with Crippen molar-refractivity contribution in [2.75, 3.05) is 19.7 Å². The fourth-order valence-corrected chi connectivity index (χ4v) is 5.91. The van der Waals surface area contributed by atoms with Gasteiger partial charge in [-0.05, 0) is 47.7 Å². The molecule has 2 aromatic rings. The second-order valence-corrected chi connectivity index (χ2v) is 10.8. The van der Waals surface area contributed by atoms with E-state index in [0.717, 1.165) is 16.9 Å². The number of benzene rings is 2. The molecule has 0 bridgehead atoms. The summed E-state index contributed by atoms with van der Waals surface area (Å²) in [7, 11) is 0. The van der Waals surface area contributed by atoms with E-state index in [4.69, 9.17) is 16.3 Å². The minimum absolute atomic E-state index is 0.0617. The van der Waals surface area contributed by atoms with Crippen LogP contribution in [0.2, 0.25) is 5.02 Å². The second kappa shape index (κ2) is 9.76. The number of piperidine rings is 1. The number of ether oxygens (including phenoxy) is 1. The maximum absolute atomic E-state index is 13.5. The zero-order valence-electron chi connectivity index (χ0n) is 20.7. The minimum Gasteiger partial charge on any atom is -0.492 e. The summed E-state index contributed by atoms with van der Waals surface area (Å²) in [5.41, 5.74) is 1.85. The van der Waals surface area contributed by atoms with Gasteiger partial charge in [-0.1, -0.05) is 43.6 Å². The van der Waals surface area contributed by atoms with Crippen LogP contribution in [0.5, 0.6) is 5.75 Å². The topological polar surface area (TPSA) is 85.7 Å². The lowest BCUT2D eigenvalue weighted by molar-refractivity contribution is -0.141. The van der Waals surface area contributed by atoms with E-state index in [-0.39, 0.29) is 29.7 Å². The van der Waals surface area contributed by atoms with Gasteiger partial charge in [-0.2, -0.15) is 5.26 Å². The van der Waals surface area contributed by atoms with Crippen LogP contribution < -0.4 is 10.1 Å². The monoisotopic (exact) mass is 506 g/mol. The quantitative estimate of drug-likeness (QED) is 0.682. The SMILES string of the molecule is CC(C)C1NC2(CCN(C(=O)C3COc4ccc(Cl)cc4C3)CC2)N(Cc2ccccc2C#N)C1=O. The predicted octanol–water partition coefficient (Wildman–Crippen LogP) is 3.74. The van der Waals surface area contributed by atoms with Crippen LogP contribution in [0.1, 0.15) is 43.4 Å². The number of carbonyl (C=O) groups is 2. The van der Waals surface area contributed by atoms with Crippen LogP contribution in [0, 0.1) is 23.2 Å². The summed E-state index contributed by atoms with van der Waals surface area (Å²) in [5, 5.41) is 13.8. The zero-order chi connectivity index (χ0) is 25.4. The minimum atomic E-state index is -0.533. The molecule has 188 valence electrons. The van der Waals surface area contributed by atoms with Gasteiger partial charge in [0.15, 0.2) is 0 Å². The van der Waals surface area contributed by atoms with Crippen molar-refractivity contribution < 1.29 is 14.3 Å². The smallest absolute Gasteiger partial charge is 0.241 e. The Morgan fingerprint density at radius 3 is 2.72 bits per heavy atom. The third-order valence-corrected chi connectivity index (χ3v) is 8.02. The number of halogens is 1. The molecule has 3 heterocycles. The van der Waals surface area contributed by atoms with Gasteiger partial charge in [-0.15, -0.1) is 0 Å². The summed E-state index contributed by atoms with van der Waals surface area (Å²) >= 11 is 6.15. The molecule has 0 saturated carbocycles. The molecule has 36 heavy (non-hydrogen) atoms. The number of amides is 2. The number of hydrogen-bond acceptors (Lipinski definition) is 5. The van der Waals surface area contributed by atoms with Gasteiger partial charge >= 0.3 is 0 Å². The standard InChI is InChI=1S/C28H31ClN4O3/c1-18(2)25-27(35)33(16-20-6-4-3-5-19(20)15-30)28(31-25)9-11-32(12-10-28)26(34)22-13-21-14-23(29)7-8-24(21)36-17-22/h3-8,14,18,22,25,31H,9-13,16-17H2,1-2H3. The van der Waals surface area contributed by atoms with Crippen LogP contribution >= 0.6 is 11.6 Å². The average molecular weight is 507 g/mol. The van der Waals surface area contributed by atoms with Gasteiger partial charge in [0.05, 0.1) is 29.3 Å². The maximum Gasteiger partial charge on any atom is 0.241 e. The predicted molar refractivity (Wildman–Crippen MR) is 136 cm³/mol. The highest BCUT2D eigenvalue weighted by molar-refractivity contribution is 6.30. The summed E-state index contributed by atoms with van der Waals surface area (Å²) in [6.07, 6.45) is 1.89. The molecule has 2 amide bonds. The van der Waals surface area contributed by atoms with E-state index in [1.807, 2.05) is 54.0 Å². The molecule has 2 saturated heterocycles. The van der Waals surface area contributed by atoms with E-state index in [0.29, 0.717) is 56.1 Å². The third kappa shape index (κ3) is 4.44. The number of nitriles is 1. The molecule has 2 atom stereocenters. The molecule has 3 aliphatic rings. The van der Waals surface area contributed by atoms with Crippen molar-refractivity contribution in [3.05, 3.63) is 64.2 Å². The van der Waals surface area contributed by atoms with Gasteiger partial charge in [0, 0.05) is 37.5 Å². The van der Waals surface area contributed by atoms with Crippen molar-refractivity contribution in [1.82, 2.24) is 15.1 Å². The van der Waals surface area contributed by atoms with Crippen LogP contribution in [-0.4, -0.2) is 53.0 Å². The molecule has 0 aliphatic carbocycles. The van der Waals surface area contributed by atoms with Crippen LogP contribution in [0.25, 0.3) is 0 Å². The molecular weight excluding hydrogens is 476 g/mol. The fourth-order valence-electron chi connectivity index (χ4n) is 5.72. The Balaban J connectivity index is 1.32. The van der Waals surface area contributed by atoms with Gasteiger partial charge in [-0.3, -0.25) is 14.9 Å². The highest BCUT2D eigenvalue weighted by Crippen LogP contribution is 2.37. The Labute approximate surface area is 217 Å². The number of carbonyl (C=O) groups excluding carboxylic acids is 2. The van der Waals surface area contributed by atoms with E-state index >= 15 is 0 Å². The van der Waals surface area contributed by atoms with Crippen LogP contribution in [0.15, 0.2) is 42.5 Å². The molecule has 1 spiro atoms. The number of rotatable bonds is 4. The van der Waals surface area contributed by atoms with Gasteiger partial charge < -0.3 is 14.5 Å². The molecule has 2 aromatic carbocycles. The van der Waals surface area contributed by atoms with E-state index in [9.17, 15) is 14.9 Å². The van der Waals surface area contributed by atoms with Gasteiger partial charge in [0.2, 0.25) is 11.8 Å². The Morgan fingerprint density at radius 1 is 1.25 bits per heavy atom. The summed E-state index contributed by atoms with van der Waals surface area (Å²) in [4.78, 5) is 30.7. The van der Waals surface area contributed by atoms with Crippen molar-refractivity contribution in [2.24, 2.45) is 11.8 Å². The van der Waals surface area contributed by atoms with E-state index in [1.165, 1.54) is 0 Å². The molecule has 8 heteroatoms. The van der Waals surface area contributed by atoms with Crippen LogP contribution in [-0.2, 0) is 22.6 Å². The Morgan fingerprint density at radius 2 is 2.00 bits per heavy atom. The highest BCUT2D eigenvalue weighted by Gasteiger charge is 2.52. The molecule has 3 aliphatic heterocycles. The molecule has 0 aromatic heterocycles. The van der Waals surface area contributed by atoms with Crippen molar-refractivity contribution in [3.63, 3.8) is 0 Å². The largest absolute Gasteiger partial charge is 0.492 e. The Bertz CT molecular complexity index is 1220. The van der Waals surface area contributed by atoms with Crippen LogP contribution in [0.4, 0.5) is 0 Å². The first-order chi connectivity index (χ1) is 17.3. The third-order valence-electron chi connectivity index (χ3n) is 7.79. The van der Waals surface area contributed by atoms with E-state index in [2.05, 4.69) is 11.4 Å². The summed E-state index contributed by atoms with van der Waals surface area (Å²) in [5.74, 6) is 0.831.